The number of carbonyl (C=O) groups is 2. The maximum absolute atomic E-state index is 13.4. The van der Waals surface area contributed by atoms with Crippen LogP contribution >= 0.6 is 0 Å². The minimum absolute atomic E-state index is 0.165. The number of benzene rings is 2. The van der Waals surface area contributed by atoms with E-state index in [4.69, 9.17) is 4.74 Å². The molecule has 150 valence electrons. The number of carbonyl (C=O) groups excluding carboxylic acids is 2. The van der Waals surface area contributed by atoms with E-state index in [1.54, 1.807) is 43.8 Å². The number of methoxy groups -OCH3 is 1. The van der Waals surface area contributed by atoms with Gasteiger partial charge in [-0.25, -0.2) is 0 Å². The summed E-state index contributed by atoms with van der Waals surface area (Å²) >= 11 is 0. The average Bonchev–Trinajstić information content (AvgIpc) is 2.98. The average molecular weight is 399 g/mol. The molecule has 1 aliphatic heterocycles. The van der Waals surface area contributed by atoms with Crippen molar-refractivity contribution in [2.45, 2.75) is 13.5 Å². The molecule has 4 rings (SSSR count). The zero-order valence-corrected chi connectivity index (χ0v) is 16.8. The Balaban J connectivity index is 1.79. The number of pyridine rings is 1. The minimum Gasteiger partial charge on any atom is -0.496 e. The molecule has 0 aliphatic carbocycles. The van der Waals surface area contributed by atoms with Crippen molar-refractivity contribution in [1.82, 2.24) is 9.88 Å². The summed E-state index contributed by atoms with van der Waals surface area (Å²) in [6.45, 7) is 2.13. The second-order valence-corrected chi connectivity index (χ2v) is 7.00. The van der Waals surface area contributed by atoms with Crippen LogP contribution in [0.2, 0.25) is 0 Å². The summed E-state index contributed by atoms with van der Waals surface area (Å²) in [5, 5.41) is 3.18. The fourth-order valence-electron chi connectivity index (χ4n) is 3.47. The number of para-hydroxylation sites is 1. The molecule has 1 aliphatic rings. The number of imide groups is 1. The summed E-state index contributed by atoms with van der Waals surface area (Å²) in [4.78, 5) is 32.0. The molecule has 6 nitrogen and oxygen atoms in total. The summed E-state index contributed by atoms with van der Waals surface area (Å²) < 4.78 is 5.46. The van der Waals surface area contributed by atoms with Gasteiger partial charge in [0.15, 0.2) is 0 Å². The number of anilines is 1. The predicted molar refractivity (Wildman–Crippen MR) is 115 cm³/mol. The van der Waals surface area contributed by atoms with Crippen molar-refractivity contribution in [2.75, 3.05) is 12.4 Å². The van der Waals surface area contributed by atoms with Crippen LogP contribution in [-0.4, -0.2) is 28.8 Å². The van der Waals surface area contributed by atoms with Crippen molar-refractivity contribution in [2.24, 2.45) is 0 Å². The van der Waals surface area contributed by atoms with E-state index in [0.29, 0.717) is 16.9 Å². The topological polar surface area (TPSA) is 71.5 Å². The van der Waals surface area contributed by atoms with Gasteiger partial charge in [0.2, 0.25) is 0 Å². The van der Waals surface area contributed by atoms with E-state index in [9.17, 15) is 9.59 Å². The van der Waals surface area contributed by atoms with E-state index in [1.807, 2.05) is 43.3 Å². The molecule has 6 heteroatoms. The number of aryl methyl sites for hydroxylation is 1. The lowest BCUT2D eigenvalue weighted by Gasteiger charge is -2.15. The molecule has 0 fully saturated rings. The highest BCUT2D eigenvalue weighted by molar-refractivity contribution is 6.36. The third-order valence-corrected chi connectivity index (χ3v) is 4.92. The van der Waals surface area contributed by atoms with Gasteiger partial charge < -0.3 is 10.1 Å². The van der Waals surface area contributed by atoms with Gasteiger partial charge in [-0.3, -0.25) is 19.5 Å². The van der Waals surface area contributed by atoms with Gasteiger partial charge in [0.25, 0.3) is 11.8 Å². The van der Waals surface area contributed by atoms with Crippen molar-refractivity contribution in [3.05, 3.63) is 95.4 Å². The first kappa shape index (κ1) is 19.4. The molecular weight excluding hydrogens is 378 g/mol. The van der Waals surface area contributed by atoms with Gasteiger partial charge in [0, 0.05) is 23.6 Å². The number of hydrogen-bond donors (Lipinski definition) is 1. The van der Waals surface area contributed by atoms with Crippen LogP contribution in [0.25, 0.3) is 5.57 Å². The molecule has 1 aromatic heterocycles. The number of rotatable bonds is 6. The van der Waals surface area contributed by atoms with Gasteiger partial charge in [-0.1, -0.05) is 30.3 Å². The molecule has 0 radical (unpaired) electrons. The number of nitrogens with one attached hydrogen (secondary N) is 1. The Kier molecular flexibility index (Phi) is 5.30. The summed E-state index contributed by atoms with van der Waals surface area (Å²) in [5.41, 5.74) is 3.72. The molecule has 0 atom stereocenters. The highest BCUT2D eigenvalue weighted by Crippen LogP contribution is 2.35. The first-order valence-corrected chi connectivity index (χ1v) is 9.55. The second kappa shape index (κ2) is 8.21. The lowest BCUT2D eigenvalue weighted by molar-refractivity contribution is -0.137. The number of amides is 2. The number of hydrogen-bond acceptors (Lipinski definition) is 5. The zero-order chi connectivity index (χ0) is 21.1. The Morgan fingerprint density at radius 3 is 2.47 bits per heavy atom. The fourth-order valence-corrected chi connectivity index (χ4v) is 3.47. The van der Waals surface area contributed by atoms with E-state index in [-0.39, 0.29) is 24.1 Å². The molecule has 3 aromatic rings. The summed E-state index contributed by atoms with van der Waals surface area (Å²) in [7, 11) is 1.54. The lowest BCUT2D eigenvalue weighted by atomic mass is 10.0. The Hall–Kier alpha value is -3.93. The minimum atomic E-state index is -0.376. The number of ether oxygens (including phenoxy) is 1. The van der Waals surface area contributed by atoms with E-state index >= 15 is 0 Å². The predicted octanol–water partition coefficient (Wildman–Crippen LogP) is 3.79. The monoisotopic (exact) mass is 399 g/mol. The van der Waals surface area contributed by atoms with E-state index < -0.39 is 0 Å². The molecule has 0 unspecified atom stereocenters. The normalized spacial score (nSPS) is 13.7. The maximum Gasteiger partial charge on any atom is 0.278 e. The van der Waals surface area contributed by atoms with Gasteiger partial charge >= 0.3 is 0 Å². The highest BCUT2D eigenvalue weighted by atomic mass is 16.5. The van der Waals surface area contributed by atoms with Gasteiger partial charge in [-0.2, -0.15) is 0 Å². The zero-order valence-electron chi connectivity index (χ0n) is 16.8. The van der Waals surface area contributed by atoms with Crippen LogP contribution in [0.15, 0.2) is 78.8 Å². The summed E-state index contributed by atoms with van der Waals surface area (Å²) in [5.74, 6) is -0.210. The van der Waals surface area contributed by atoms with Crippen LogP contribution in [-0.2, 0) is 16.1 Å². The molecule has 0 spiro atoms. The van der Waals surface area contributed by atoms with E-state index in [1.165, 1.54) is 4.90 Å². The highest BCUT2D eigenvalue weighted by Gasteiger charge is 2.40. The Bertz CT molecular complexity index is 1140. The van der Waals surface area contributed by atoms with Crippen LogP contribution in [0, 0.1) is 6.92 Å². The molecule has 1 N–H and O–H groups in total. The second-order valence-electron chi connectivity index (χ2n) is 7.00. The van der Waals surface area contributed by atoms with Crippen LogP contribution in [0.5, 0.6) is 5.75 Å². The molecule has 0 saturated carbocycles. The Labute approximate surface area is 174 Å². The van der Waals surface area contributed by atoms with E-state index in [2.05, 4.69) is 10.3 Å². The third kappa shape index (κ3) is 3.67. The molecule has 30 heavy (non-hydrogen) atoms. The standard InChI is InChI=1S/C24H21N3O3/c1-16-6-5-7-18(14-16)26-22-21(19-8-3-4-9-20(19)30-2)23(28)27(24(22)29)15-17-10-12-25-13-11-17/h3-14,26H,15H2,1-2H3. The quantitative estimate of drug-likeness (QED) is 0.639. The van der Waals surface area contributed by atoms with Crippen molar-refractivity contribution in [1.29, 1.82) is 0 Å². The molecule has 2 aromatic carbocycles. The van der Waals surface area contributed by atoms with Crippen molar-refractivity contribution in [3.8, 4) is 5.75 Å². The molecule has 0 saturated heterocycles. The van der Waals surface area contributed by atoms with Crippen molar-refractivity contribution >= 4 is 23.1 Å². The van der Waals surface area contributed by atoms with Crippen LogP contribution in [0.1, 0.15) is 16.7 Å². The molecular formula is C24H21N3O3. The molecule has 2 amide bonds. The first-order chi connectivity index (χ1) is 14.6. The Morgan fingerprint density at radius 1 is 0.967 bits per heavy atom. The van der Waals surface area contributed by atoms with Gasteiger partial charge in [-0.15, -0.1) is 0 Å². The van der Waals surface area contributed by atoms with Crippen LogP contribution < -0.4 is 10.1 Å². The largest absolute Gasteiger partial charge is 0.496 e. The SMILES string of the molecule is COc1ccccc1C1=C(Nc2cccc(C)c2)C(=O)N(Cc2ccncc2)C1=O. The molecule has 2 heterocycles. The number of aromatic nitrogens is 1. The number of nitrogens with zero attached hydrogens (tertiary/aromatic N) is 2. The summed E-state index contributed by atoms with van der Waals surface area (Å²) in [6.07, 6.45) is 3.28. The van der Waals surface area contributed by atoms with Crippen molar-refractivity contribution in [3.63, 3.8) is 0 Å². The molecule has 0 bridgehead atoms. The van der Waals surface area contributed by atoms with Crippen molar-refractivity contribution < 1.29 is 14.3 Å². The van der Waals surface area contributed by atoms with Gasteiger partial charge in [0.1, 0.15) is 11.4 Å². The maximum atomic E-state index is 13.4. The first-order valence-electron chi connectivity index (χ1n) is 9.55. The fraction of sp³-hybridized carbons (Fsp3) is 0.125. The lowest BCUT2D eigenvalue weighted by Crippen LogP contribution is -2.32. The van der Waals surface area contributed by atoms with Gasteiger partial charge in [0.05, 0.1) is 19.2 Å². The van der Waals surface area contributed by atoms with Gasteiger partial charge in [-0.05, 0) is 48.4 Å². The van der Waals surface area contributed by atoms with Crippen LogP contribution in [0.3, 0.4) is 0 Å². The Morgan fingerprint density at radius 2 is 1.73 bits per heavy atom. The van der Waals surface area contributed by atoms with Crippen LogP contribution in [0.4, 0.5) is 5.69 Å². The third-order valence-electron chi connectivity index (χ3n) is 4.92. The smallest absolute Gasteiger partial charge is 0.278 e. The van der Waals surface area contributed by atoms with E-state index in [0.717, 1.165) is 16.8 Å². The summed E-state index contributed by atoms with van der Waals surface area (Å²) in [6, 6.07) is 18.4.